The Labute approximate surface area is 248 Å². The van der Waals surface area contributed by atoms with E-state index in [4.69, 9.17) is 14.4 Å². The molecule has 3 heteroatoms. The van der Waals surface area contributed by atoms with Crippen LogP contribution in [0, 0.1) is 13.8 Å². The Morgan fingerprint density at radius 3 is 1.95 bits per heavy atom. The maximum atomic E-state index is 6.48. The van der Waals surface area contributed by atoms with Gasteiger partial charge in [-0.05, 0) is 65.2 Å². The molecule has 202 valence electrons. The van der Waals surface area contributed by atoms with E-state index in [2.05, 4.69) is 117 Å². The standard InChI is InChI=1S/C40H26N2O/c1-23-11-17-29-30-18-12-24(2)20-34(30)39-38(33(29)19-23)41-22-35(42-39)26-15-13-25(14-16-26)32-21-27-7-3-4-8-28(27)37-31-9-5-6-10-36(31)43-40(32)37/h3-22H,1-2H3. The molecule has 0 saturated carbocycles. The number of rotatable bonds is 2. The number of aromatic nitrogens is 2. The van der Waals surface area contributed by atoms with Crippen LogP contribution in [0.15, 0.2) is 126 Å². The van der Waals surface area contributed by atoms with Crippen molar-refractivity contribution in [2.24, 2.45) is 0 Å². The molecule has 0 radical (unpaired) electrons. The fraction of sp³-hybridized carbons (Fsp3) is 0.0500. The van der Waals surface area contributed by atoms with Crippen LogP contribution < -0.4 is 0 Å². The summed E-state index contributed by atoms with van der Waals surface area (Å²) in [6.07, 6.45) is 1.91. The number of fused-ring (bicyclic) bond motifs is 11. The van der Waals surface area contributed by atoms with Crippen LogP contribution in [-0.2, 0) is 0 Å². The third-order valence-electron chi connectivity index (χ3n) is 8.78. The Balaban J connectivity index is 1.23. The molecule has 7 aromatic carbocycles. The SMILES string of the molecule is Cc1ccc2c3ccc(C)cc3c3nc(-c4ccc(-c5cc6ccccc6c6c5oc5ccccc56)cc4)cnc3c2c1. The molecule has 43 heavy (non-hydrogen) atoms. The van der Waals surface area contributed by atoms with Gasteiger partial charge in [0.15, 0.2) is 0 Å². The normalized spacial score (nSPS) is 12.0. The van der Waals surface area contributed by atoms with Crippen molar-refractivity contribution in [2.45, 2.75) is 13.8 Å². The minimum atomic E-state index is 0.862. The molecule has 0 aliphatic rings. The fourth-order valence-electron chi connectivity index (χ4n) is 6.70. The highest BCUT2D eigenvalue weighted by Gasteiger charge is 2.17. The third-order valence-corrected chi connectivity index (χ3v) is 8.78. The first-order chi connectivity index (χ1) is 21.1. The maximum absolute atomic E-state index is 6.48. The van der Waals surface area contributed by atoms with E-state index in [9.17, 15) is 0 Å². The Bertz CT molecular complexity index is 2580. The second kappa shape index (κ2) is 8.98. The van der Waals surface area contributed by atoms with Crippen LogP contribution in [0.2, 0.25) is 0 Å². The number of aryl methyl sites for hydroxylation is 2. The maximum Gasteiger partial charge on any atom is 0.143 e. The quantitative estimate of drug-likeness (QED) is 0.201. The van der Waals surface area contributed by atoms with Crippen molar-refractivity contribution in [3.63, 3.8) is 0 Å². The smallest absolute Gasteiger partial charge is 0.143 e. The summed E-state index contributed by atoms with van der Waals surface area (Å²) >= 11 is 0. The Kier molecular flexibility index (Phi) is 5.03. The Morgan fingerprint density at radius 2 is 1.19 bits per heavy atom. The third kappa shape index (κ3) is 3.61. The summed E-state index contributed by atoms with van der Waals surface area (Å²) in [6.45, 7) is 4.26. The highest BCUT2D eigenvalue weighted by atomic mass is 16.3. The molecule has 2 aromatic heterocycles. The van der Waals surface area contributed by atoms with Gasteiger partial charge in [0, 0.05) is 32.7 Å². The number of hydrogen-bond donors (Lipinski definition) is 0. The zero-order chi connectivity index (χ0) is 28.7. The molecule has 0 N–H and O–H groups in total. The van der Waals surface area contributed by atoms with Crippen molar-refractivity contribution in [3.05, 3.63) is 133 Å². The van der Waals surface area contributed by atoms with Gasteiger partial charge in [-0.3, -0.25) is 4.98 Å². The summed E-state index contributed by atoms with van der Waals surface area (Å²) in [7, 11) is 0. The molecule has 0 atom stereocenters. The number of nitrogens with zero attached hydrogens (tertiary/aromatic N) is 2. The summed E-state index contributed by atoms with van der Waals surface area (Å²) in [6, 6.07) is 41.0. The summed E-state index contributed by atoms with van der Waals surface area (Å²) in [5.74, 6) is 0. The van der Waals surface area contributed by atoms with E-state index in [1.54, 1.807) is 0 Å². The Hall–Kier alpha value is -5.54. The van der Waals surface area contributed by atoms with E-state index < -0.39 is 0 Å². The van der Waals surface area contributed by atoms with Crippen LogP contribution in [0.1, 0.15) is 11.1 Å². The molecular weight excluding hydrogens is 524 g/mol. The second-order valence-electron chi connectivity index (χ2n) is 11.6. The molecule has 0 unspecified atom stereocenters. The van der Waals surface area contributed by atoms with Crippen LogP contribution in [-0.4, -0.2) is 9.97 Å². The highest BCUT2D eigenvalue weighted by Crippen LogP contribution is 2.41. The highest BCUT2D eigenvalue weighted by molar-refractivity contribution is 6.24. The van der Waals surface area contributed by atoms with E-state index in [1.165, 1.54) is 32.7 Å². The molecule has 0 aliphatic heterocycles. The van der Waals surface area contributed by atoms with E-state index in [1.807, 2.05) is 18.3 Å². The van der Waals surface area contributed by atoms with Gasteiger partial charge >= 0.3 is 0 Å². The second-order valence-corrected chi connectivity index (χ2v) is 11.6. The van der Waals surface area contributed by atoms with Crippen molar-refractivity contribution < 1.29 is 4.42 Å². The first-order valence-corrected chi connectivity index (χ1v) is 14.7. The van der Waals surface area contributed by atoms with Gasteiger partial charge < -0.3 is 4.42 Å². The van der Waals surface area contributed by atoms with Gasteiger partial charge in [-0.15, -0.1) is 0 Å². The molecule has 0 amide bonds. The van der Waals surface area contributed by atoms with E-state index in [0.717, 1.165) is 66.1 Å². The lowest BCUT2D eigenvalue weighted by molar-refractivity contribution is 0.670. The van der Waals surface area contributed by atoms with Crippen molar-refractivity contribution >= 4 is 65.3 Å². The van der Waals surface area contributed by atoms with Gasteiger partial charge in [0.2, 0.25) is 0 Å². The molecule has 9 rings (SSSR count). The molecule has 9 aromatic rings. The summed E-state index contributed by atoms with van der Waals surface area (Å²) in [5, 5.41) is 9.42. The van der Waals surface area contributed by atoms with Gasteiger partial charge in [0.1, 0.15) is 11.2 Å². The van der Waals surface area contributed by atoms with Crippen LogP contribution in [0.4, 0.5) is 0 Å². The Morgan fingerprint density at radius 1 is 0.535 bits per heavy atom. The molecule has 2 heterocycles. The van der Waals surface area contributed by atoms with E-state index in [0.29, 0.717) is 0 Å². The van der Waals surface area contributed by atoms with Crippen molar-refractivity contribution in [3.8, 4) is 22.4 Å². The van der Waals surface area contributed by atoms with Crippen LogP contribution >= 0.6 is 0 Å². The average molecular weight is 551 g/mol. The summed E-state index contributed by atoms with van der Waals surface area (Å²) in [4.78, 5) is 10.2. The van der Waals surface area contributed by atoms with Gasteiger partial charge in [-0.1, -0.05) is 102 Å². The first-order valence-electron chi connectivity index (χ1n) is 14.7. The first kappa shape index (κ1) is 24.1. The van der Waals surface area contributed by atoms with E-state index in [-0.39, 0.29) is 0 Å². The predicted octanol–water partition coefficient (Wildman–Crippen LogP) is 10.9. The van der Waals surface area contributed by atoms with Crippen LogP contribution in [0.25, 0.3) is 87.7 Å². The van der Waals surface area contributed by atoms with Crippen molar-refractivity contribution in [1.29, 1.82) is 0 Å². The lowest BCUT2D eigenvalue weighted by atomic mass is 9.95. The fourth-order valence-corrected chi connectivity index (χ4v) is 6.70. The molecule has 0 saturated heterocycles. The summed E-state index contributed by atoms with van der Waals surface area (Å²) < 4.78 is 6.48. The molecular formula is C40H26N2O. The van der Waals surface area contributed by atoms with Gasteiger partial charge in [-0.2, -0.15) is 0 Å². The number of para-hydroxylation sites is 1. The monoisotopic (exact) mass is 550 g/mol. The summed E-state index contributed by atoms with van der Waals surface area (Å²) in [5.41, 5.74) is 10.2. The van der Waals surface area contributed by atoms with Crippen molar-refractivity contribution in [2.75, 3.05) is 0 Å². The van der Waals surface area contributed by atoms with Gasteiger partial charge in [0.05, 0.1) is 22.9 Å². The molecule has 0 bridgehead atoms. The topological polar surface area (TPSA) is 38.9 Å². The minimum absolute atomic E-state index is 0.862. The zero-order valence-corrected chi connectivity index (χ0v) is 23.8. The van der Waals surface area contributed by atoms with E-state index >= 15 is 0 Å². The number of furan rings is 1. The molecule has 3 nitrogen and oxygen atoms in total. The predicted molar refractivity (Wildman–Crippen MR) is 180 cm³/mol. The number of hydrogen-bond acceptors (Lipinski definition) is 3. The lowest BCUT2D eigenvalue weighted by Crippen LogP contribution is -1.93. The minimum Gasteiger partial charge on any atom is -0.455 e. The zero-order valence-electron chi connectivity index (χ0n) is 23.8. The van der Waals surface area contributed by atoms with Crippen LogP contribution in [0.3, 0.4) is 0 Å². The number of benzene rings is 7. The largest absolute Gasteiger partial charge is 0.455 e. The van der Waals surface area contributed by atoms with Gasteiger partial charge in [0.25, 0.3) is 0 Å². The lowest BCUT2D eigenvalue weighted by Gasteiger charge is -2.12. The molecule has 0 spiro atoms. The molecule has 0 aliphatic carbocycles. The molecule has 0 fully saturated rings. The van der Waals surface area contributed by atoms with Crippen molar-refractivity contribution in [1.82, 2.24) is 9.97 Å². The van der Waals surface area contributed by atoms with Gasteiger partial charge in [-0.25, -0.2) is 4.98 Å². The average Bonchev–Trinajstić information content (AvgIpc) is 3.44. The van der Waals surface area contributed by atoms with Crippen LogP contribution in [0.5, 0.6) is 0 Å².